The number of benzene rings is 1. The molecule has 0 amide bonds. The minimum absolute atomic E-state index is 0.251. The highest BCUT2D eigenvalue weighted by atomic mass is 19.1. The molecule has 1 N–H and O–H groups in total. The van der Waals surface area contributed by atoms with Crippen molar-refractivity contribution in [2.75, 3.05) is 13.1 Å². The molecular weight excluding hydrogens is 309 g/mol. The molecule has 1 aliphatic heterocycles. The summed E-state index contributed by atoms with van der Waals surface area (Å²) in [5.41, 5.74) is 0.273. The summed E-state index contributed by atoms with van der Waals surface area (Å²) >= 11 is 0. The second kappa shape index (κ2) is 5.74. The van der Waals surface area contributed by atoms with Gasteiger partial charge in [-0.15, -0.1) is 0 Å². The molecule has 0 radical (unpaired) electrons. The van der Waals surface area contributed by atoms with Crippen molar-refractivity contribution in [3.8, 4) is 11.3 Å². The first-order chi connectivity index (χ1) is 11.6. The van der Waals surface area contributed by atoms with Crippen LogP contribution in [-0.2, 0) is 11.3 Å². The predicted molar refractivity (Wildman–Crippen MR) is 86.8 cm³/mol. The topological polar surface area (TPSA) is 53.7 Å². The fraction of sp³-hybridized carbons (Fsp3) is 0.421. The summed E-state index contributed by atoms with van der Waals surface area (Å²) in [5, 5.41) is 9.65. The van der Waals surface area contributed by atoms with Gasteiger partial charge in [-0.1, -0.05) is 6.42 Å². The smallest absolute Gasteiger partial charge is 0.311 e. The summed E-state index contributed by atoms with van der Waals surface area (Å²) in [5.74, 6) is 0.848. The van der Waals surface area contributed by atoms with Crippen molar-refractivity contribution in [3.63, 3.8) is 0 Å². The van der Waals surface area contributed by atoms with Gasteiger partial charge in [0.05, 0.1) is 12.0 Å². The molecule has 1 aliphatic carbocycles. The molecule has 1 aromatic carbocycles. The van der Waals surface area contributed by atoms with E-state index in [1.54, 1.807) is 12.1 Å². The molecule has 24 heavy (non-hydrogen) atoms. The lowest BCUT2D eigenvalue weighted by molar-refractivity contribution is -0.149. The molecule has 0 unspecified atom stereocenters. The van der Waals surface area contributed by atoms with Gasteiger partial charge < -0.3 is 9.52 Å². The van der Waals surface area contributed by atoms with Crippen LogP contribution >= 0.6 is 0 Å². The second-order valence-corrected chi connectivity index (χ2v) is 6.99. The highest BCUT2D eigenvalue weighted by Gasteiger charge is 2.54. The number of carbonyl (C=O) groups is 1. The number of furan rings is 1. The lowest BCUT2D eigenvalue weighted by Crippen LogP contribution is -2.35. The fourth-order valence-corrected chi connectivity index (χ4v) is 4.32. The van der Waals surface area contributed by atoms with Crippen LogP contribution in [0, 0.1) is 17.2 Å². The fourth-order valence-electron chi connectivity index (χ4n) is 4.32. The number of carboxylic acid groups (broad SMARTS) is 1. The third kappa shape index (κ3) is 2.53. The van der Waals surface area contributed by atoms with Crippen molar-refractivity contribution in [3.05, 3.63) is 48.0 Å². The number of hydrogen-bond donors (Lipinski definition) is 1. The molecule has 0 bridgehead atoms. The Morgan fingerprint density at radius 2 is 2.08 bits per heavy atom. The zero-order valence-corrected chi connectivity index (χ0v) is 13.4. The first-order valence-corrected chi connectivity index (χ1v) is 8.37. The van der Waals surface area contributed by atoms with Crippen LogP contribution in [0.5, 0.6) is 0 Å². The molecule has 4 rings (SSSR count). The molecule has 2 atom stereocenters. The Kier molecular flexibility index (Phi) is 3.68. The molecule has 5 heteroatoms. The normalized spacial score (nSPS) is 26.6. The van der Waals surface area contributed by atoms with E-state index in [1.165, 1.54) is 12.1 Å². The van der Waals surface area contributed by atoms with E-state index in [0.717, 1.165) is 37.1 Å². The molecule has 1 aromatic heterocycles. The molecule has 2 fully saturated rings. The van der Waals surface area contributed by atoms with Crippen molar-refractivity contribution in [1.82, 2.24) is 4.90 Å². The maximum absolute atomic E-state index is 13.0. The van der Waals surface area contributed by atoms with Crippen molar-refractivity contribution in [1.29, 1.82) is 0 Å². The predicted octanol–water partition coefficient (Wildman–Crippen LogP) is 3.77. The highest BCUT2D eigenvalue weighted by molar-refractivity contribution is 5.76. The van der Waals surface area contributed by atoms with E-state index in [2.05, 4.69) is 4.90 Å². The van der Waals surface area contributed by atoms with Crippen LogP contribution < -0.4 is 0 Å². The van der Waals surface area contributed by atoms with E-state index >= 15 is 0 Å². The SMILES string of the molecule is O=C(O)[C@@]12CCC[C@H]1CN(Cc1ccc(-c3ccc(F)cc3)o1)C2. The summed E-state index contributed by atoms with van der Waals surface area (Å²) in [6, 6.07) is 10.0. The highest BCUT2D eigenvalue weighted by Crippen LogP contribution is 2.49. The summed E-state index contributed by atoms with van der Waals surface area (Å²) in [4.78, 5) is 13.9. The van der Waals surface area contributed by atoms with Gasteiger partial charge in [0, 0.05) is 18.7 Å². The maximum atomic E-state index is 13.0. The van der Waals surface area contributed by atoms with Gasteiger partial charge in [0.25, 0.3) is 0 Å². The van der Waals surface area contributed by atoms with Gasteiger partial charge in [-0.25, -0.2) is 4.39 Å². The van der Waals surface area contributed by atoms with Crippen LogP contribution in [0.4, 0.5) is 4.39 Å². The summed E-state index contributed by atoms with van der Waals surface area (Å²) < 4.78 is 18.9. The van der Waals surface area contributed by atoms with Crippen LogP contribution in [0.3, 0.4) is 0 Å². The Bertz CT molecular complexity index is 754. The number of likely N-dealkylation sites (tertiary alicyclic amines) is 1. The van der Waals surface area contributed by atoms with Gasteiger partial charge >= 0.3 is 5.97 Å². The Hall–Kier alpha value is -2.14. The Labute approximate surface area is 139 Å². The first kappa shape index (κ1) is 15.4. The maximum Gasteiger partial charge on any atom is 0.311 e. The van der Waals surface area contributed by atoms with E-state index in [-0.39, 0.29) is 11.7 Å². The van der Waals surface area contributed by atoms with Crippen molar-refractivity contribution in [2.24, 2.45) is 11.3 Å². The van der Waals surface area contributed by atoms with Gasteiger partial charge in [0.2, 0.25) is 0 Å². The molecule has 126 valence electrons. The minimum atomic E-state index is -0.654. The number of halogens is 1. The molecule has 2 heterocycles. The van der Waals surface area contributed by atoms with Crippen molar-refractivity contribution in [2.45, 2.75) is 25.8 Å². The molecule has 1 saturated heterocycles. The standard InChI is InChI=1S/C19H20FNO3/c20-15-5-3-13(4-6-15)17-8-7-16(24-17)11-21-10-14-2-1-9-19(14,12-21)18(22)23/h3-8,14H,1-2,9-12H2,(H,22,23)/t14-,19+/m0/s1. The molecular formula is C19H20FNO3. The zero-order chi connectivity index (χ0) is 16.7. The number of rotatable bonds is 4. The summed E-state index contributed by atoms with van der Waals surface area (Å²) in [7, 11) is 0. The Balaban J connectivity index is 1.47. The van der Waals surface area contributed by atoms with Gasteiger partial charge in [-0.3, -0.25) is 9.69 Å². The van der Waals surface area contributed by atoms with Crippen LogP contribution in [-0.4, -0.2) is 29.1 Å². The van der Waals surface area contributed by atoms with Crippen LogP contribution in [0.2, 0.25) is 0 Å². The average Bonchev–Trinajstić information content (AvgIpc) is 3.22. The second-order valence-electron chi connectivity index (χ2n) is 6.99. The third-order valence-electron chi connectivity index (χ3n) is 5.54. The lowest BCUT2D eigenvalue weighted by Gasteiger charge is -2.23. The molecule has 1 saturated carbocycles. The number of aliphatic carboxylic acids is 1. The monoisotopic (exact) mass is 329 g/mol. The third-order valence-corrected chi connectivity index (χ3v) is 5.54. The van der Waals surface area contributed by atoms with Crippen LogP contribution in [0.25, 0.3) is 11.3 Å². The van der Waals surface area contributed by atoms with Crippen LogP contribution in [0.15, 0.2) is 40.8 Å². The summed E-state index contributed by atoms with van der Waals surface area (Å²) in [6.07, 6.45) is 2.80. The van der Waals surface area contributed by atoms with E-state index in [4.69, 9.17) is 4.42 Å². The van der Waals surface area contributed by atoms with E-state index in [0.29, 0.717) is 18.8 Å². The van der Waals surface area contributed by atoms with Gasteiger partial charge in [0.15, 0.2) is 0 Å². The van der Waals surface area contributed by atoms with Crippen LogP contribution in [0.1, 0.15) is 25.0 Å². The van der Waals surface area contributed by atoms with Gasteiger partial charge in [-0.2, -0.15) is 0 Å². The van der Waals surface area contributed by atoms with E-state index in [1.807, 2.05) is 12.1 Å². The van der Waals surface area contributed by atoms with Gasteiger partial charge in [-0.05, 0) is 55.2 Å². The quantitative estimate of drug-likeness (QED) is 0.928. The Morgan fingerprint density at radius 3 is 2.79 bits per heavy atom. The number of nitrogens with zero attached hydrogens (tertiary/aromatic N) is 1. The van der Waals surface area contributed by atoms with Crippen molar-refractivity contribution < 1.29 is 18.7 Å². The average molecular weight is 329 g/mol. The van der Waals surface area contributed by atoms with Crippen molar-refractivity contribution >= 4 is 5.97 Å². The molecule has 4 nitrogen and oxygen atoms in total. The molecule has 2 aliphatic rings. The van der Waals surface area contributed by atoms with E-state index in [9.17, 15) is 14.3 Å². The molecule has 2 aromatic rings. The van der Waals surface area contributed by atoms with E-state index < -0.39 is 11.4 Å². The minimum Gasteiger partial charge on any atom is -0.481 e. The summed E-state index contributed by atoms with van der Waals surface area (Å²) in [6.45, 7) is 2.03. The first-order valence-electron chi connectivity index (χ1n) is 8.37. The number of hydrogen-bond acceptors (Lipinski definition) is 3. The number of carboxylic acids is 1. The lowest BCUT2D eigenvalue weighted by atomic mass is 9.81. The Morgan fingerprint density at radius 1 is 1.29 bits per heavy atom. The molecule has 0 spiro atoms. The number of fused-ring (bicyclic) bond motifs is 1. The largest absolute Gasteiger partial charge is 0.481 e. The van der Waals surface area contributed by atoms with Gasteiger partial charge in [0.1, 0.15) is 17.3 Å². The zero-order valence-electron chi connectivity index (χ0n) is 13.4.